The normalized spacial score (nSPS) is 24.6. The Balaban J connectivity index is 2.04. The molecular formula is C12H18F3N3O. The highest BCUT2D eigenvalue weighted by Gasteiger charge is 2.37. The van der Waals surface area contributed by atoms with E-state index in [0.29, 0.717) is 5.92 Å². The van der Waals surface area contributed by atoms with Gasteiger partial charge in [0.2, 0.25) is 0 Å². The SMILES string of the molecule is Nc1cn(C2CCC(CCO)CC2)nc1C(F)(F)F. The van der Waals surface area contributed by atoms with E-state index in [1.54, 1.807) is 0 Å². The third-order valence-corrected chi connectivity index (χ3v) is 3.76. The molecule has 0 bridgehead atoms. The van der Waals surface area contributed by atoms with E-state index in [0.717, 1.165) is 32.1 Å². The van der Waals surface area contributed by atoms with E-state index < -0.39 is 11.9 Å². The number of aromatic nitrogens is 2. The third kappa shape index (κ3) is 3.20. The number of nitrogens with two attached hydrogens (primary N) is 1. The van der Waals surface area contributed by atoms with Gasteiger partial charge in [0.05, 0.1) is 11.7 Å². The van der Waals surface area contributed by atoms with Crippen molar-refractivity contribution in [1.82, 2.24) is 9.78 Å². The molecule has 0 saturated heterocycles. The zero-order valence-corrected chi connectivity index (χ0v) is 10.5. The number of rotatable bonds is 3. The predicted octanol–water partition coefficient (Wildman–Crippen LogP) is 2.60. The number of nitrogen functional groups attached to an aromatic ring is 1. The lowest BCUT2D eigenvalue weighted by Crippen LogP contribution is -2.20. The first kappa shape index (κ1) is 14.2. The molecule has 0 spiro atoms. The maximum absolute atomic E-state index is 12.6. The van der Waals surface area contributed by atoms with Gasteiger partial charge in [0.25, 0.3) is 0 Å². The molecule has 4 nitrogen and oxygen atoms in total. The number of nitrogens with zero attached hydrogens (tertiary/aromatic N) is 2. The summed E-state index contributed by atoms with van der Waals surface area (Å²) in [5.74, 6) is 0.469. The predicted molar refractivity (Wildman–Crippen MR) is 64.3 cm³/mol. The molecule has 1 aliphatic rings. The van der Waals surface area contributed by atoms with Crippen molar-refractivity contribution in [2.24, 2.45) is 5.92 Å². The fourth-order valence-electron chi connectivity index (χ4n) is 2.69. The summed E-state index contributed by atoms with van der Waals surface area (Å²) in [4.78, 5) is 0. The first-order chi connectivity index (χ1) is 8.91. The van der Waals surface area contributed by atoms with Crippen molar-refractivity contribution < 1.29 is 18.3 Å². The van der Waals surface area contributed by atoms with Crippen LogP contribution in [0.5, 0.6) is 0 Å². The Labute approximate surface area is 109 Å². The molecule has 0 unspecified atom stereocenters. The number of hydrogen-bond donors (Lipinski definition) is 2. The van der Waals surface area contributed by atoms with Crippen molar-refractivity contribution in [3.8, 4) is 0 Å². The minimum absolute atomic E-state index is 0.0201. The monoisotopic (exact) mass is 277 g/mol. The Morgan fingerprint density at radius 3 is 2.42 bits per heavy atom. The van der Waals surface area contributed by atoms with Crippen LogP contribution in [0.4, 0.5) is 18.9 Å². The van der Waals surface area contributed by atoms with Crippen molar-refractivity contribution in [2.45, 2.75) is 44.3 Å². The maximum Gasteiger partial charge on any atom is 0.437 e. The summed E-state index contributed by atoms with van der Waals surface area (Å²) in [7, 11) is 0. The molecule has 3 N–H and O–H groups in total. The quantitative estimate of drug-likeness (QED) is 0.892. The highest BCUT2D eigenvalue weighted by atomic mass is 19.4. The van der Waals surface area contributed by atoms with Crippen LogP contribution in [0.3, 0.4) is 0 Å². The third-order valence-electron chi connectivity index (χ3n) is 3.76. The summed E-state index contributed by atoms with van der Waals surface area (Å²) < 4.78 is 39.2. The van der Waals surface area contributed by atoms with Crippen LogP contribution in [-0.4, -0.2) is 21.5 Å². The number of anilines is 1. The van der Waals surface area contributed by atoms with Gasteiger partial charge in [-0.1, -0.05) is 0 Å². The van der Waals surface area contributed by atoms with Gasteiger partial charge in [0.1, 0.15) is 0 Å². The molecule has 108 valence electrons. The lowest BCUT2D eigenvalue weighted by Gasteiger charge is -2.28. The van der Waals surface area contributed by atoms with Crippen molar-refractivity contribution in [3.05, 3.63) is 11.9 Å². The summed E-state index contributed by atoms with van der Waals surface area (Å²) in [6, 6.07) is -0.0201. The summed E-state index contributed by atoms with van der Waals surface area (Å²) >= 11 is 0. The Hall–Kier alpha value is -1.24. The van der Waals surface area contributed by atoms with Crippen LogP contribution in [0.25, 0.3) is 0 Å². The maximum atomic E-state index is 12.6. The molecule has 1 aromatic heterocycles. The van der Waals surface area contributed by atoms with Gasteiger partial charge in [-0.2, -0.15) is 18.3 Å². The van der Waals surface area contributed by atoms with Crippen LogP contribution in [0.1, 0.15) is 43.8 Å². The van der Waals surface area contributed by atoms with Crippen LogP contribution in [-0.2, 0) is 6.18 Å². The molecule has 1 aliphatic carbocycles. The second kappa shape index (κ2) is 5.40. The van der Waals surface area contributed by atoms with Gasteiger partial charge in [-0.05, 0) is 38.0 Å². The Kier molecular flexibility index (Phi) is 4.03. The molecule has 1 heterocycles. The smallest absolute Gasteiger partial charge is 0.396 e. The van der Waals surface area contributed by atoms with E-state index in [-0.39, 0.29) is 18.3 Å². The van der Waals surface area contributed by atoms with Crippen LogP contribution in [0.15, 0.2) is 6.20 Å². The van der Waals surface area contributed by atoms with Crippen molar-refractivity contribution in [1.29, 1.82) is 0 Å². The number of aliphatic hydroxyl groups excluding tert-OH is 1. The minimum Gasteiger partial charge on any atom is -0.396 e. The number of aliphatic hydroxyl groups is 1. The molecule has 1 aromatic rings. The molecule has 0 aliphatic heterocycles. The van der Waals surface area contributed by atoms with E-state index in [1.165, 1.54) is 10.9 Å². The molecule has 0 aromatic carbocycles. The first-order valence-corrected chi connectivity index (χ1v) is 6.44. The molecule has 1 saturated carbocycles. The van der Waals surface area contributed by atoms with Crippen LogP contribution < -0.4 is 5.73 Å². The van der Waals surface area contributed by atoms with Gasteiger partial charge in [0.15, 0.2) is 5.69 Å². The molecule has 0 amide bonds. The van der Waals surface area contributed by atoms with E-state index in [1.807, 2.05) is 0 Å². The summed E-state index contributed by atoms with van der Waals surface area (Å²) in [5.41, 5.74) is 4.06. The zero-order valence-electron chi connectivity index (χ0n) is 10.5. The summed E-state index contributed by atoms with van der Waals surface area (Å²) in [6.07, 6.45) is 0.926. The standard InChI is InChI=1S/C12H18F3N3O/c13-12(14,15)11-10(16)7-18(17-11)9-3-1-8(2-4-9)5-6-19/h7-9,19H,1-6,16H2. The topological polar surface area (TPSA) is 64.1 Å². The van der Waals surface area contributed by atoms with Gasteiger partial charge in [-0.3, -0.25) is 4.68 Å². The molecule has 0 radical (unpaired) electrons. The lowest BCUT2D eigenvalue weighted by atomic mass is 9.84. The van der Waals surface area contributed by atoms with Gasteiger partial charge < -0.3 is 10.8 Å². The van der Waals surface area contributed by atoms with Gasteiger partial charge in [0, 0.05) is 12.8 Å². The number of halogens is 3. The molecule has 7 heteroatoms. The summed E-state index contributed by atoms with van der Waals surface area (Å²) in [5, 5.41) is 12.5. The van der Waals surface area contributed by atoms with Gasteiger partial charge >= 0.3 is 6.18 Å². The lowest BCUT2D eigenvalue weighted by molar-refractivity contribution is -0.140. The molecule has 19 heavy (non-hydrogen) atoms. The molecule has 2 rings (SSSR count). The second-order valence-corrected chi connectivity index (χ2v) is 5.10. The zero-order chi connectivity index (χ0) is 14.0. The fraction of sp³-hybridized carbons (Fsp3) is 0.750. The second-order valence-electron chi connectivity index (χ2n) is 5.10. The highest BCUT2D eigenvalue weighted by Crippen LogP contribution is 2.37. The van der Waals surface area contributed by atoms with Crippen LogP contribution in [0, 0.1) is 5.92 Å². The first-order valence-electron chi connectivity index (χ1n) is 6.44. The van der Waals surface area contributed by atoms with E-state index in [2.05, 4.69) is 5.10 Å². The fourth-order valence-corrected chi connectivity index (χ4v) is 2.69. The molecule has 0 atom stereocenters. The summed E-state index contributed by atoms with van der Waals surface area (Å²) in [6.45, 7) is 0.169. The van der Waals surface area contributed by atoms with E-state index in [9.17, 15) is 13.2 Å². The highest BCUT2D eigenvalue weighted by molar-refractivity contribution is 5.42. The molecular weight excluding hydrogens is 259 g/mol. The van der Waals surface area contributed by atoms with Crippen LogP contribution in [0.2, 0.25) is 0 Å². The molecule has 1 fully saturated rings. The van der Waals surface area contributed by atoms with E-state index in [4.69, 9.17) is 10.8 Å². The van der Waals surface area contributed by atoms with Gasteiger partial charge in [-0.15, -0.1) is 0 Å². The van der Waals surface area contributed by atoms with Crippen molar-refractivity contribution in [3.63, 3.8) is 0 Å². The van der Waals surface area contributed by atoms with E-state index >= 15 is 0 Å². The Bertz CT molecular complexity index is 422. The van der Waals surface area contributed by atoms with Crippen molar-refractivity contribution in [2.75, 3.05) is 12.3 Å². The van der Waals surface area contributed by atoms with Gasteiger partial charge in [-0.25, -0.2) is 0 Å². The largest absolute Gasteiger partial charge is 0.437 e. The average Bonchev–Trinajstić information content (AvgIpc) is 2.72. The number of alkyl halides is 3. The van der Waals surface area contributed by atoms with Crippen molar-refractivity contribution >= 4 is 5.69 Å². The minimum atomic E-state index is -4.50. The van der Waals surface area contributed by atoms with Crippen LogP contribution >= 0.6 is 0 Å². The Morgan fingerprint density at radius 1 is 1.32 bits per heavy atom. The Morgan fingerprint density at radius 2 is 1.95 bits per heavy atom. The average molecular weight is 277 g/mol. The number of hydrogen-bond acceptors (Lipinski definition) is 3.